The maximum atomic E-state index is 10.2. The van der Waals surface area contributed by atoms with Crippen LogP contribution in [0.2, 0.25) is 0 Å². The SMILES string of the molecule is CC(C)(CNC(=N)N)OCC(=O)O. The summed E-state index contributed by atoms with van der Waals surface area (Å²) in [6.07, 6.45) is 0. The Hall–Kier alpha value is -1.30. The molecule has 0 saturated heterocycles. The monoisotopic (exact) mass is 189 g/mol. The first kappa shape index (κ1) is 11.7. The maximum Gasteiger partial charge on any atom is 0.329 e. The first-order valence-electron chi connectivity index (χ1n) is 3.77. The molecule has 0 aromatic rings. The van der Waals surface area contributed by atoms with Gasteiger partial charge in [0.2, 0.25) is 0 Å². The van der Waals surface area contributed by atoms with Gasteiger partial charge in [-0.1, -0.05) is 0 Å². The normalized spacial score (nSPS) is 10.9. The van der Waals surface area contributed by atoms with Crippen LogP contribution in [0.15, 0.2) is 0 Å². The van der Waals surface area contributed by atoms with Crippen molar-refractivity contribution in [1.82, 2.24) is 5.32 Å². The minimum atomic E-state index is -1.02. The highest BCUT2D eigenvalue weighted by molar-refractivity contribution is 5.74. The molecule has 0 aromatic carbocycles. The molecule has 0 aliphatic rings. The largest absolute Gasteiger partial charge is 0.480 e. The highest BCUT2D eigenvalue weighted by Gasteiger charge is 2.19. The third-order valence-electron chi connectivity index (χ3n) is 1.29. The first-order chi connectivity index (χ1) is 5.83. The fourth-order valence-electron chi connectivity index (χ4n) is 0.616. The van der Waals surface area contributed by atoms with Gasteiger partial charge in [-0.05, 0) is 13.8 Å². The van der Waals surface area contributed by atoms with Crippen molar-refractivity contribution in [2.24, 2.45) is 5.73 Å². The number of hydrogen-bond acceptors (Lipinski definition) is 3. The van der Waals surface area contributed by atoms with Gasteiger partial charge in [0.25, 0.3) is 0 Å². The summed E-state index contributed by atoms with van der Waals surface area (Å²) in [6, 6.07) is 0. The molecule has 6 nitrogen and oxygen atoms in total. The molecule has 0 aromatic heterocycles. The Kier molecular flexibility index (Phi) is 4.19. The van der Waals surface area contributed by atoms with Crippen LogP contribution in [0.3, 0.4) is 0 Å². The number of hydrogen-bond donors (Lipinski definition) is 4. The van der Waals surface area contributed by atoms with Crippen LogP contribution in [0.4, 0.5) is 0 Å². The van der Waals surface area contributed by atoms with Crippen LogP contribution in [-0.4, -0.2) is 35.8 Å². The van der Waals surface area contributed by atoms with Gasteiger partial charge in [0.1, 0.15) is 6.61 Å². The molecule has 0 fully saturated rings. The summed E-state index contributed by atoms with van der Waals surface area (Å²) in [5, 5.41) is 17.8. The van der Waals surface area contributed by atoms with Crippen LogP contribution < -0.4 is 11.1 Å². The third kappa shape index (κ3) is 7.07. The Morgan fingerprint density at radius 2 is 2.23 bits per heavy atom. The van der Waals surface area contributed by atoms with E-state index in [0.29, 0.717) is 6.54 Å². The Morgan fingerprint density at radius 1 is 1.69 bits per heavy atom. The van der Waals surface area contributed by atoms with Gasteiger partial charge in [0.05, 0.1) is 5.60 Å². The van der Waals surface area contributed by atoms with Gasteiger partial charge in [0, 0.05) is 6.54 Å². The molecule has 0 unspecified atom stereocenters. The van der Waals surface area contributed by atoms with Crippen LogP contribution >= 0.6 is 0 Å². The van der Waals surface area contributed by atoms with E-state index in [1.165, 1.54) is 0 Å². The lowest BCUT2D eigenvalue weighted by atomic mass is 10.1. The summed E-state index contributed by atoms with van der Waals surface area (Å²) in [5.74, 6) is -1.18. The number of aliphatic carboxylic acids is 1. The predicted octanol–water partition coefficient (Wildman–Crippen LogP) is -0.651. The van der Waals surface area contributed by atoms with Gasteiger partial charge in [0.15, 0.2) is 5.96 Å². The van der Waals surface area contributed by atoms with E-state index in [9.17, 15) is 4.79 Å². The van der Waals surface area contributed by atoms with Gasteiger partial charge in [-0.2, -0.15) is 0 Å². The predicted molar refractivity (Wildman–Crippen MR) is 47.6 cm³/mol. The van der Waals surface area contributed by atoms with Crippen LogP contribution in [0.1, 0.15) is 13.8 Å². The van der Waals surface area contributed by atoms with E-state index >= 15 is 0 Å². The smallest absolute Gasteiger partial charge is 0.329 e. The van der Waals surface area contributed by atoms with Gasteiger partial charge < -0.3 is 20.9 Å². The van der Waals surface area contributed by atoms with E-state index in [0.717, 1.165) is 0 Å². The van der Waals surface area contributed by atoms with Crippen molar-refractivity contribution in [2.45, 2.75) is 19.4 Å². The zero-order chi connectivity index (χ0) is 10.5. The van der Waals surface area contributed by atoms with Crippen molar-refractivity contribution in [3.05, 3.63) is 0 Å². The van der Waals surface area contributed by atoms with Crippen molar-refractivity contribution >= 4 is 11.9 Å². The molecule has 0 radical (unpaired) electrons. The van der Waals surface area contributed by atoms with Crippen molar-refractivity contribution < 1.29 is 14.6 Å². The van der Waals surface area contributed by atoms with Crippen LogP contribution in [0.5, 0.6) is 0 Å². The van der Waals surface area contributed by atoms with E-state index < -0.39 is 11.6 Å². The van der Waals surface area contributed by atoms with Gasteiger partial charge in [-0.15, -0.1) is 0 Å². The molecule has 0 rings (SSSR count). The molecule has 0 amide bonds. The lowest BCUT2D eigenvalue weighted by Crippen LogP contribution is -2.43. The highest BCUT2D eigenvalue weighted by Crippen LogP contribution is 2.06. The number of guanidine groups is 1. The van der Waals surface area contributed by atoms with Gasteiger partial charge in [-0.3, -0.25) is 5.41 Å². The van der Waals surface area contributed by atoms with Crippen molar-refractivity contribution in [2.75, 3.05) is 13.2 Å². The standard InChI is InChI=1S/C7H15N3O3/c1-7(2,4-10-6(8)9)13-3-5(11)12/h3-4H2,1-2H3,(H,11,12)(H4,8,9,10). The number of nitrogens with two attached hydrogens (primary N) is 1. The topological polar surface area (TPSA) is 108 Å². The minimum absolute atomic E-state index is 0.160. The Labute approximate surface area is 76.6 Å². The van der Waals surface area contributed by atoms with Crippen molar-refractivity contribution in [3.63, 3.8) is 0 Å². The average Bonchev–Trinajstić information content (AvgIpc) is 1.98. The summed E-state index contributed by atoms with van der Waals surface area (Å²) >= 11 is 0. The second-order valence-corrected chi connectivity index (χ2v) is 3.21. The minimum Gasteiger partial charge on any atom is -0.480 e. The molecular formula is C7H15N3O3. The summed E-state index contributed by atoms with van der Waals surface area (Å²) in [7, 11) is 0. The molecule has 0 spiro atoms. The second kappa shape index (κ2) is 4.66. The average molecular weight is 189 g/mol. The number of nitrogens with one attached hydrogen (secondary N) is 2. The van der Waals surface area contributed by atoms with E-state index in [1.54, 1.807) is 13.8 Å². The third-order valence-corrected chi connectivity index (χ3v) is 1.29. The molecule has 5 N–H and O–H groups in total. The van der Waals surface area contributed by atoms with Crippen molar-refractivity contribution in [1.29, 1.82) is 5.41 Å². The number of carboxylic acids is 1. The first-order valence-corrected chi connectivity index (χ1v) is 3.77. The second-order valence-electron chi connectivity index (χ2n) is 3.21. The van der Waals surface area contributed by atoms with Crippen LogP contribution in [0.25, 0.3) is 0 Å². The molecule has 0 atom stereocenters. The van der Waals surface area contributed by atoms with E-state index in [4.69, 9.17) is 21.0 Å². The maximum absolute atomic E-state index is 10.2. The number of carbonyl (C=O) groups is 1. The molecule has 0 aliphatic carbocycles. The van der Waals surface area contributed by atoms with E-state index in [-0.39, 0.29) is 12.6 Å². The molecule has 13 heavy (non-hydrogen) atoms. The molecular weight excluding hydrogens is 174 g/mol. The quantitative estimate of drug-likeness (QED) is 0.339. The zero-order valence-corrected chi connectivity index (χ0v) is 7.76. The van der Waals surface area contributed by atoms with E-state index in [1.807, 2.05) is 0 Å². The molecule has 0 bridgehead atoms. The molecule has 0 heterocycles. The zero-order valence-electron chi connectivity index (χ0n) is 7.76. The van der Waals surface area contributed by atoms with E-state index in [2.05, 4.69) is 5.32 Å². The Morgan fingerprint density at radius 3 is 2.62 bits per heavy atom. The number of rotatable bonds is 5. The van der Waals surface area contributed by atoms with Crippen LogP contribution in [-0.2, 0) is 9.53 Å². The summed E-state index contributed by atoms with van der Waals surface area (Å²) in [4.78, 5) is 10.2. The molecule has 6 heteroatoms. The Bertz CT molecular complexity index is 183. The lowest BCUT2D eigenvalue weighted by molar-refractivity contribution is -0.147. The number of carboxylic acid groups (broad SMARTS) is 1. The molecule has 76 valence electrons. The van der Waals surface area contributed by atoms with Crippen LogP contribution in [0, 0.1) is 5.41 Å². The fourth-order valence-corrected chi connectivity index (χ4v) is 0.616. The molecule has 0 saturated carbocycles. The van der Waals surface area contributed by atoms with Gasteiger partial charge >= 0.3 is 5.97 Å². The summed E-state index contributed by atoms with van der Waals surface area (Å²) in [5.41, 5.74) is 4.41. The highest BCUT2D eigenvalue weighted by atomic mass is 16.5. The van der Waals surface area contributed by atoms with Gasteiger partial charge in [-0.25, -0.2) is 4.79 Å². The summed E-state index contributed by atoms with van der Waals surface area (Å²) in [6.45, 7) is 3.37. The lowest BCUT2D eigenvalue weighted by Gasteiger charge is -2.24. The Balaban J connectivity index is 3.79. The fraction of sp³-hybridized carbons (Fsp3) is 0.714. The van der Waals surface area contributed by atoms with Crippen molar-refractivity contribution in [3.8, 4) is 0 Å². The molecule has 0 aliphatic heterocycles. The number of ether oxygens (including phenoxy) is 1. The summed E-state index contributed by atoms with van der Waals surface area (Å²) < 4.78 is 5.03.